The Kier molecular flexibility index (Phi) is 4.62. The van der Waals surface area contributed by atoms with Crippen LogP contribution in [0, 0.1) is 10.1 Å². The molecule has 1 amide bonds. The Morgan fingerprint density at radius 2 is 1.71 bits per heavy atom. The van der Waals surface area contributed by atoms with Gasteiger partial charge in [-0.3, -0.25) is 14.9 Å². The zero-order valence-corrected chi connectivity index (χ0v) is 12.1. The van der Waals surface area contributed by atoms with Crippen molar-refractivity contribution in [2.45, 2.75) is 19.3 Å². The largest absolute Gasteiger partial charge is 0.493 e. The summed E-state index contributed by atoms with van der Waals surface area (Å²) in [6.45, 7) is 1.26. The van der Waals surface area contributed by atoms with Gasteiger partial charge in [0.05, 0.1) is 25.2 Å². The SMILES string of the molecule is COc1cc(C(=O)N2CCCCC2)c([N+](=O)[O-])cc1OC. The first-order valence-electron chi connectivity index (χ1n) is 6.78. The average molecular weight is 294 g/mol. The standard InChI is InChI=1S/C14H18N2O5/c1-20-12-8-10(11(16(18)19)9-13(12)21-2)14(17)15-6-4-3-5-7-15/h8-9H,3-7H2,1-2H3. The Morgan fingerprint density at radius 1 is 1.14 bits per heavy atom. The van der Waals surface area contributed by atoms with E-state index in [-0.39, 0.29) is 22.9 Å². The molecule has 1 aromatic carbocycles. The summed E-state index contributed by atoms with van der Waals surface area (Å²) >= 11 is 0. The predicted molar refractivity (Wildman–Crippen MR) is 76.0 cm³/mol. The maximum Gasteiger partial charge on any atom is 0.286 e. The van der Waals surface area contributed by atoms with E-state index in [1.54, 1.807) is 4.90 Å². The third-order valence-electron chi connectivity index (χ3n) is 3.57. The summed E-state index contributed by atoms with van der Waals surface area (Å²) in [6.07, 6.45) is 2.93. The molecule has 1 fully saturated rings. The lowest BCUT2D eigenvalue weighted by Crippen LogP contribution is -2.35. The average Bonchev–Trinajstić information content (AvgIpc) is 2.53. The van der Waals surface area contributed by atoms with Crippen molar-refractivity contribution in [3.05, 3.63) is 27.8 Å². The number of carbonyl (C=O) groups is 1. The third kappa shape index (κ3) is 3.07. The van der Waals surface area contributed by atoms with Gasteiger partial charge >= 0.3 is 0 Å². The van der Waals surface area contributed by atoms with Gasteiger partial charge in [-0.05, 0) is 19.3 Å². The predicted octanol–water partition coefficient (Wildman–Crippen LogP) is 2.24. The first-order chi connectivity index (χ1) is 10.1. The number of likely N-dealkylation sites (tertiary alicyclic amines) is 1. The molecule has 0 spiro atoms. The molecule has 0 aromatic heterocycles. The molecular formula is C14H18N2O5. The number of rotatable bonds is 4. The first kappa shape index (κ1) is 15.1. The summed E-state index contributed by atoms with van der Waals surface area (Å²) < 4.78 is 10.2. The number of amides is 1. The lowest BCUT2D eigenvalue weighted by Gasteiger charge is -2.26. The van der Waals surface area contributed by atoms with Crippen molar-refractivity contribution in [1.82, 2.24) is 4.90 Å². The fraction of sp³-hybridized carbons (Fsp3) is 0.500. The molecule has 1 aromatic rings. The Hall–Kier alpha value is -2.31. The van der Waals surface area contributed by atoms with Gasteiger partial charge in [0, 0.05) is 19.2 Å². The van der Waals surface area contributed by atoms with Crippen molar-refractivity contribution >= 4 is 11.6 Å². The van der Waals surface area contributed by atoms with Gasteiger partial charge < -0.3 is 14.4 Å². The number of nitro groups is 1. The molecule has 0 atom stereocenters. The van der Waals surface area contributed by atoms with Gasteiger partial charge in [-0.25, -0.2) is 0 Å². The Balaban J connectivity index is 2.44. The van der Waals surface area contributed by atoms with Crippen molar-refractivity contribution in [3.8, 4) is 11.5 Å². The van der Waals surface area contributed by atoms with Crippen LogP contribution in [0.5, 0.6) is 11.5 Å². The maximum atomic E-state index is 12.5. The van der Waals surface area contributed by atoms with E-state index >= 15 is 0 Å². The smallest absolute Gasteiger partial charge is 0.286 e. The van der Waals surface area contributed by atoms with E-state index in [4.69, 9.17) is 9.47 Å². The Morgan fingerprint density at radius 3 is 2.24 bits per heavy atom. The molecule has 0 saturated carbocycles. The number of carbonyl (C=O) groups excluding carboxylic acids is 1. The first-order valence-corrected chi connectivity index (χ1v) is 6.78. The topological polar surface area (TPSA) is 81.9 Å². The molecule has 7 nitrogen and oxygen atoms in total. The van der Waals surface area contributed by atoms with Crippen molar-refractivity contribution in [2.24, 2.45) is 0 Å². The molecule has 21 heavy (non-hydrogen) atoms. The van der Waals surface area contributed by atoms with E-state index in [1.165, 1.54) is 26.4 Å². The van der Waals surface area contributed by atoms with Gasteiger partial charge in [0.15, 0.2) is 11.5 Å². The summed E-state index contributed by atoms with van der Waals surface area (Å²) in [5.41, 5.74) is -0.220. The van der Waals surface area contributed by atoms with Crippen LogP contribution < -0.4 is 9.47 Å². The van der Waals surface area contributed by atoms with E-state index in [0.717, 1.165) is 19.3 Å². The van der Waals surface area contributed by atoms with Crippen LogP contribution in [0.1, 0.15) is 29.6 Å². The Bertz CT molecular complexity index is 553. The third-order valence-corrected chi connectivity index (χ3v) is 3.57. The van der Waals surface area contributed by atoms with Crippen LogP contribution in [-0.4, -0.2) is 43.0 Å². The Labute approximate surface area is 122 Å². The minimum Gasteiger partial charge on any atom is -0.493 e. The number of ether oxygens (including phenoxy) is 2. The highest BCUT2D eigenvalue weighted by Gasteiger charge is 2.28. The number of methoxy groups -OCH3 is 2. The molecule has 114 valence electrons. The van der Waals surface area contributed by atoms with E-state index in [9.17, 15) is 14.9 Å². The number of benzene rings is 1. The molecule has 1 aliphatic heterocycles. The molecule has 0 radical (unpaired) electrons. The number of nitro benzene ring substituents is 1. The molecule has 0 aliphatic carbocycles. The van der Waals surface area contributed by atoms with Gasteiger partial charge in [0.25, 0.3) is 11.6 Å². The van der Waals surface area contributed by atoms with E-state index in [2.05, 4.69) is 0 Å². The number of nitrogens with zero attached hydrogens (tertiary/aromatic N) is 2. The highest BCUT2D eigenvalue weighted by molar-refractivity contribution is 5.99. The quantitative estimate of drug-likeness (QED) is 0.628. The molecule has 1 aliphatic rings. The van der Waals surface area contributed by atoms with Crippen LogP contribution in [0.15, 0.2) is 12.1 Å². The van der Waals surface area contributed by atoms with Crippen LogP contribution in [0.2, 0.25) is 0 Å². The van der Waals surface area contributed by atoms with E-state index in [1.807, 2.05) is 0 Å². The molecule has 0 N–H and O–H groups in total. The lowest BCUT2D eigenvalue weighted by atomic mass is 10.1. The molecule has 0 bridgehead atoms. The van der Waals surface area contributed by atoms with Gasteiger partial charge in [0.2, 0.25) is 0 Å². The van der Waals surface area contributed by atoms with Crippen LogP contribution in [0.25, 0.3) is 0 Å². The van der Waals surface area contributed by atoms with Crippen molar-refractivity contribution in [2.75, 3.05) is 27.3 Å². The van der Waals surface area contributed by atoms with Crippen molar-refractivity contribution in [1.29, 1.82) is 0 Å². The van der Waals surface area contributed by atoms with Gasteiger partial charge in [-0.1, -0.05) is 0 Å². The zero-order chi connectivity index (χ0) is 15.4. The fourth-order valence-electron chi connectivity index (χ4n) is 2.46. The number of piperidine rings is 1. The van der Waals surface area contributed by atoms with Crippen LogP contribution in [0.3, 0.4) is 0 Å². The molecule has 1 heterocycles. The highest BCUT2D eigenvalue weighted by Crippen LogP contribution is 2.35. The lowest BCUT2D eigenvalue weighted by molar-refractivity contribution is -0.385. The molecule has 0 unspecified atom stereocenters. The van der Waals surface area contributed by atoms with Crippen LogP contribution in [-0.2, 0) is 0 Å². The van der Waals surface area contributed by atoms with Crippen LogP contribution in [0.4, 0.5) is 5.69 Å². The highest BCUT2D eigenvalue weighted by atomic mass is 16.6. The van der Waals surface area contributed by atoms with E-state index < -0.39 is 4.92 Å². The second kappa shape index (κ2) is 6.43. The van der Waals surface area contributed by atoms with Gasteiger partial charge in [-0.2, -0.15) is 0 Å². The summed E-state index contributed by atoms with van der Waals surface area (Å²) in [5, 5.41) is 11.2. The normalized spacial score (nSPS) is 14.7. The molecule has 2 rings (SSSR count). The number of hydrogen-bond donors (Lipinski definition) is 0. The maximum absolute atomic E-state index is 12.5. The van der Waals surface area contributed by atoms with Gasteiger partial charge in [-0.15, -0.1) is 0 Å². The molecule has 1 saturated heterocycles. The molecule has 7 heteroatoms. The van der Waals surface area contributed by atoms with Crippen molar-refractivity contribution in [3.63, 3.8) is 0 Å². The zero-order valence-electron chi connectivity index (χ0n) is 12.1. The minimum atomic E-state index is -0.570. The summed E-state index contributed by atoms with van der Waals surface area (Å²) in [4.78, 5) is 24.8. The second-order valence-electron chi connectivity index (χ2n) is 4.83. The monoisotopic (exact) mass is 294 g/mol. The molecular weight excluding hydrogens is 276 g/mol. The fourth-order valence-corrected chi connectivity index (χ4v) is 2.46. The second-order valence-corrected chi connectivity index (χ2v) is 4.83. The van der Waals surface area contributed by atoms with Gasteiger partial charge in [0.1, 0.15) is 5.56 Å². The summed E-state index contributed by atoms with van der Waals surface area (Å²) in [7, 11) is 2.83. The minimum absolute atomic E-state index is 0.0413. The van der Waals surface area contributed by atoms with Crippen LogP contribution >= 0.6 is 0 Å². The van der Waals surface area contributed by atoms with E-state index in [0.29, 0.717) is 18.8 Å². The number of hydrogen-bond acceptors (Lipinski definition) is 5. The van der Waals surface area contributed by atoms with Crippen molar-refractivity contribution < 1.29 is 19.2 Å². The summed E-state index contributed by atoms with van der Waals surface area (Å²) in [5.74, 6) is 0.213. The summed E-state index contributed by atoms with van der Waals surface area (Å²) in [6, 6.07) is 2.61.